The molecule has 3 spiro atoms. The molecule has 0 amide bonds. The number of furan rings is 3. The summed E-state index contributed by atoms with van der Waals surface area (Å²) in [6.07, 6.45) is 21.1. The van der Waals surface area contributed by atoms with E-state index in [9.17, 15) is 43.2 Å². The summed E-state index contributed by atoms with van der Waals surface area (Å²) in [5.74, 6) is -3.05. The molecule has 21 heteroatoms. The van der Waals surface area contributed by atoms with Crippen LogP contribution in [0.25, 0.3) is 0 Å². The van der Waals surface area contributed by atoms with E-state index in [-0.39, 0.29) is 90.0 Å². The molecule has 12 fully saturated rings. The van der Waals surface area contributed by atoms with E-state index in [2.05, 4.69) is 41.5 Å². The van der Waals surface area contributed by atoms with Crippen molar-refractivity contribution in [3.8, 4) is 0 Å². The van der Waals surface area contributed by atoms with Gasteiger partial charge in [0.15, 0.2) is 18.3 Å². The molecule has 6 saturated carbocycles. The van der Waals surface area contributed by atoms with Gasteiger partial charge in [-0.2, -0.15) is 0 Å². The molecule has 528 valence electrons. The van der Waals surface area contributed by atoms with Gasteiger partial charge in [0, 0.05) is 88.2 Å². The van der Waals surface area contributed by atoms with E-state index in [0.29, 0.717) is 19.3 Å². The molecule has 12 heterocycles. The molecule has 15 aliphatic rings. The van der Waals surface area contributed by atoms with Gasteiger partial charge in [-0.3, -0.25) is 14.4 Å². The van der Waals surface area contributed by atoms with E-state index < -0.39 is 137 Å². The summed E-state index contributed by atoms with van der Waals surface area (Å²) < 4.78 is 69.9. The Morgan fingerprint density at radius 1 is 0.333 bits per heavy atom. The van der Waals surface area contributed by atoms with Crippen molar-refractivity contribution in [1.29, 1.82) is 0 Å². The lowest BCUT2D eigenvalue weighted by atomic mass is 9.37. The Balaban J connectivity index is 0.000000116. The molecule has 6 saturated heterocycles. The maximum absolute atomic E-state index is 14.1. The molecule has 0 unspecified atom stereocenters. The minimum Gasteiger partial charge on any atom is -0.472 e. The molecular weight excluding hydrogens is 1270 g/mol. The van der Waals surface area contributed by atoms with Crippen molar-refractivity contribution in [2.75, 3.05) is 0 Å². The minimum atomic E-state index is -0.958. The van der Waals surface area contributed by atoms with Crippen LogP contribution in [0.3, 0.4) is 0 Å². The number of carbonyl (C=O) groups excluding carboxylic acids is 9. The normalized spacial score (nSPS) is 49.5. The van der Waals surface area contributed by atoms with Crippen LogP contribution in [0.15, 0.2) is 105 Å². The highest BCUT2D eigenvalue weighted by molar-refractivity contribution is 5.96. The van der Waals surface area contributed by atoms with Crippen molar-refractivity contribution in [3.05, 3.63) is 109 Å². The molecule has 9 aliphatic heterocycles. The number of allylic oxidation sites excluding steroid dienone is 3. The maximum Gasteiger partial charge on any atom is 0.339 e. The molecule has 0 aromatic carbocycles. The molecule has 21 nitrogen and oxygen atoms in total. The van der Waals surface area contributed by atoms with Crippen LogP contribution in [0.2, 0.25) is 0 Å². The van der Waals surface area contributed by atoms with Crippen LogP contribution in [0.5, 0.6) is 0 Å². The van der Waals surface area contributed by atoms with Gasteiger partial charge in [-0.15, -0.1) is 0 Å². The van der Waals surface area contributed by atoms with Crippen molar-refractivity contribution in [3.63, 3.8) is 0 Å². The molecule has 0 bridgehead atoms. The largest absolute Gasteiger partial charge is 0.472 e. The quantitative estimate of drug-likeness (QED) is 0.134. The number of ether oxygens (including phenoxy) is 9. The number of Topliss-reactive ketones (excluding diaryl/α,β-unsaturated/α-hetero) is 3. The summed E-state index contributed by atoms with van der Waals surface area (Å²) in [6, 6.07) is 5.44. The fourth-order valence-electron chi connectivity index (χ4n) is 25.5. The van der Waals surface area contributed by atoms with E-state index in [1.807, 2.05) is 98.7 Å². The molecular formula is C78H90O21. The lowest BCUT2D eigenvalue weighted by Gasteiger charge is -2.64. The second kappa shape index (κ2) is 20.1. The van der Waals surface area contributed by atoms with Crippen LogP contribution in [-0.4, -0.2) is 105 Å². The fraction of sp³-hybridized carbons (Fsp3) is 0.654. The predicted octanol–water partition coefficient (Wildman–Crippen LogP) is 11.8. The number of esters is 6. The van der Waals surface area contributed by atoms with Crippen LogP contribution < -0.4 is 0 Å². The van der Waals surface area contributed by atoms with Gasteiger partial charge >= 0.3 is 35.8 Å². The Morgan fingerprint density at radius 3 is 0.818 bits per heavy atom. The van der Waals surface area contributed by atoms with Crippen LogP contribution in [-0.2, 0) is 85.8 Å². The lowest BCUT2D eigenvalue weighted by molar-refractivity contribution is -0.215. The Hall–Kier alpha value is -7.23. The second-order valence-corrected chi connectivity index (χ2v) is 35.2. The summed E-state index contributed by atoms with van der Waals surface area (Å²) in [7, 11) is 0. The standard InChI is InChI=1S/3C26H30O7/c3*1-22(2)16-12-17(27)25(5)15(23(16,3)9-7-18(28)32-22)6-10-24(4)19(14-8-11-30-13-14)31-21(29)20-26(24,25)33-20/h3*7-9,11,13,15-16,19-20H,6,10,12H2,1-5H3/t3*15-,16+,19+,20-,23-,24+,25+,26-/m111/s1. The first-order valence-corrected chi connectivity index (χ1v) is 35.3. The summed E-state index contributed by atoms with van der Waals surface area (Å²) in [5.41, 5.74) is -8.83. The molecule has 99 heavy (non-hydrogen) atoms. The van der Waals surface area contributed by atoms with E-state index >= 15 is 0 Å². The van der Waals surface area contributed by atoms with E-state index in [0.717, 1.165) is 36.0 Å². The van der Waals surface area contributed by atoms with Gasteiger partial charge in [-0.05, 0) is 153 Å². The van der Waals surface area contributed by atoms with Crippen molar-refractivity contribution in [1.82, 2.24) is 0 Å². The number of cyclic esters (lactones) is 6. The number of hydrogen-bond donors (Lipinski definition) is 0. The zero-order valence-corrected chi connectivity index (χ0v) is 59.0. The number of epoxide rings is 3. The summed E-state index contributed by atoms with van der Waals surface area (Å²) in [6.45, 7) is 30.0. The van der Waals surface area contributed by atoms with E-state index in [1.54, 1.807) is 37.6 Å². The fourth-order valence-corrected chi connectivity index (χ4v) is 25.5. The van der Waals surface area contributed by atoms with Gasteiger partial charge in [-0.1, -0.05) is 59.8 Å². The first kappa shape index (κ1) is 66.3. The second-order valence-electron chi connectivity index (χ2n) is 35.2. The predicted molar refractivity (Wildman–Crippen MR) is 344 cm³/mol. The van der Waals surface area contributed by atoms with Crippen LogP contribution >= 0.6 is 0 Å². The Morgan fingerprint density at radius 2 is 0.586 bits per heavy atom. The molecule has 24 atom stereocenters. The third-order valence-electron chi connectivity index (χ3n) is 30.0. The number of hydrogen-bond acceptors (Lipinski definition) is 21. The lowest BCUT2D eigenvalue weighted by Crippen LogP contribution is -2.71. The van der Waals surface area contributed by atoms with Crippen molar-refractivity contribution >= 4 is 53.2 Å². The number of ketones is 3. The van der Waals surface area contributed by atoms with Gasteiger partial charge < -0.3 is 55.9 Å². The van der Waals surface area contributed by atoms with Gasteiger partial charge in [0.1, 0.15) is 69.3 Å². The smallest absolute Gasteiger partial charge is 0.339 e. The molecule has 3 aromatic rings. The highest BCUT2D eigenvalue weighted by Gasteiger charge is 2.92. The topological polar surface area (TPSA) is 286 Å². The molecule has 6 aliphatic carbocycles. The summed E-state index contributed by atoms with van der Waals surface area (Å²) in [4.78, 5) is 119. The molecule has 18 rings (SSSR count). The van der Waals surface area contributed by atoms with E-state index in [4.69, 9.17) is 55.9 Å². The molecule has 3 aromatic heterocycles. The number of rotatable bonds is 3. The van der Waals surface area contributed by atoms with Crippen molar-refractivity contribution in [2.45, 2.75) is 232 Å². The Kier molecular flexibility index (Phi) is 13.5. The average Bonchev–Trinajstić information content (AvgIpc) is 1.51. The van der Waals surface area contributed by atoms with Gasteiger partial charge in [0.05, 0.1) is 53.8 Å². The van der Waals surface area contributed by atoms with Gasteiger partial charge in [0.25, 0.3) is 0 Å². The van der Waals surface area contributed by atoms with Crippen molar-refractivity contribution < 1.29 is 99.0 Å². The molecule has 0 radical (unpaired) electrons. The first-order chi connectivity index (χ1) is 46.2. The number of fused-ring (bicyclic) bond motifs is 9. The van der Waals surface area contributed by atoms with Gasteiger partial charge in [-0.25, -0.2) is 28.8 Å². The number of carbonyl (C=O) groups is 9. The highest BCUT2D eigenvalue weighted by Crippen LogP contribution is 2.82. The van der Waals surface area contributed by atoms with Crippen LogP contribution in [0.4, 0.5) is 0 Å². The monoisotopic (exact) mass is 1360 g/mol. The van der Waals surface area contributed by atoms with Crippen molar-refractivity contribution in [2.24, 2.45) is 84.2 Å². The average molecular weight is 1360 g/mol. The SMILES string of the molecule is CC1(C)OC(=O)C=C[C@]2(C)[C@H]3CC[C@@]4(C)[C@H](c5ccoc5)OC(=O)[C@H]5O[C@]54[C@]3(C)C(=O)C[C@@H]12.CC1(C)OC(=O)C=C[C@]2(C)[C@H]3CC[C@@]4(C)[C@H](c5ccoc5)OC(=O)[C@H]5O[C@]54[C@]3(C)C(=O)C[C@@H]12.CC1(C)OC(=O)C=C[C@]2(C)[C@H]3CC[C@@]4(C)[C@H](c5ccoc5)OC(=O)[C@H]5O[C@]54[C@]3(C)C(=O)C[C@@H]12. The first-order valence-electron chi connectivity index (χ1n) is 35.3. The summed E-state index contributed by atoms with van der Waals surface area (Å²) >= 11 is 0. The third-order valence-corrected chi connectivity index (χ3v) is 30.0. The van der Waals surface area contributed by atoms with Gasteiger partial charge in [0.2, 0.25) is 0 Å². The van der Waals surface area contributed by atoms with Crippen LogP contribution in [0, 0.1) is 84.2 Å². The maximum atomic E-state index is 14.1. The highest BCUT2D eigenvalue weighted by atomic mass is 16.7. The summed E-state index contributed by atoms with van der Waals surface area (Å²) in [5, 5.41) is 0. The van der Waals surface area contributed by atoms with E-state index in [1.165, 1.54) is 18.2 Å². The Bertz CT molecular complexity index is 3720. The Labute approximate surface area is 574 Å². The zero-order chi connectivity index (χ0) is 70.8. The molecule has 0 N–H and O–H groups in total. The third kappa shape index (κ3) is 7.85. The zero-order valence-electron chi connectivity index (χ0n) is 59.0. The minimum absolute atomic E-state index is 0.0727. The van der Waals surface area contributed by atoms with Crippen LogP contribution in [0.1, 0.15) is 197 Å².